The van der Waals surface area contributed by atoms with Gasteiger partial charge in [0.25, 0.3) is 0 Å². The second-order valence-electron chi connectivity index (χ2n) is 16.4. The van der Waals surface area contributed by atoms with Gasteiger partial charge in [-0.3, -0.25) is 14.9 Å². The Balaban J connectivity index is 1.33. The topological polar surface area (TPSA) is 202 Å². The van der Waals surface area contributed by atoms with Crippen LogP contribution >= 0.6 is 11.3 Å². The molecule has 1 aromatic carbocycles. The van der Waals surface area contributed by atoms with E-state index in [1.807, 2.05) is 37.2 Å². The number of hydrogen-bond acceptors (Lipinski definition) is 12. The minimum Gasteiger partial charge on any atom is -0.488 e. The van der Waals surface area contributed by atoms with E-state index in [0.29, 0.717) is 33.2 Å². The van der Waals surface area contributed by atoms with Crippen LogP contribution < -0.4 is 25.6 Å². The van der Waals surface area contributed by atoms with Gasteiger partial charge in [-0.25, -0.2) is 24.4 Å². The van der Waals surface area contributed by atoms with Gasteiger partial charge in [0.15, 0.2) is 5.13 Å². The Morgan fingerprint density at radius 1 is 1.07 bits per heavy atom. The number of alkyl carbamates (subject to hydrolysis) is 1. The molecular formula is C40H51N7O9S. The van der Waals surface area contributed by atoms with Crippen LogP contribution in [0.2, 0.25) is 0 Å². The van der Waals surface area contributed by atoms with Crippen LogP contribution in [0.1, 0.15) is 66.7 Å². The first-order valence-corrected chi connectivity index (χ1v) is 19.9. The number of benzene rings is 1. The molecule has 0 unspecified atom stereocenters. The van der Waals surface area contributed by atoms with Crippen molar-refractivity contribution >= 4 is 63.0 Å². The smallest absolute Gasteiger partial charge is 0.413 e. The third-order valence-corrected chi connectivity index (χ3v) is 11.2. The third-order valence-electron chi connectivity index (χ3n) is 10.5. The van der Waals surface area contributed by atoms with E-state index in [0.717, 1.165) is 24.9 Å². The number of amides is 4. The van der Waals surface area contributed by atoms with Gasteiger partial charge in [-0.15, -0.1) is 17.9 Å². The molecule has 2 saturated carbocycles. The fourth-order valence-electron chi connectivity index (χ4n) is 6.95. The van der Waals surface area contributed by atoms with Crippen LogP contribution in [0, 0.1) is 11.3 Å². The van der Waals surface area contributed by atoms with E-state index in [9.17, 15) is 29.1 Å². The van der Waals surface area contributed by atoms with E-state index >= 15 is 0 Å². The molecule has 17 heteroatoms. The molecule has 2 aromatic heterocycles. The van der Waals surface area contributed by atoms with E-state index in [1.165, 1.54) is 22.3 Å². The fourth-order valence-corrected chi connectivity index (χ4v) is 7.64. The van der Waals surface area contributed by atoms with Crippen molar-refractivity contribution in [2.24, 2.45) is 11.3 Å². The molecular weight excluding hydrogens is 755 g/mol. The van der Waals surface area contributed by atoms with E-state index in [-0.39, 0.29) is 31.6 Å². The number of ether oxygens (including phenoxy) is 3. The van der Waals surface area contributed by atoms with E-state index in [1.54, 1.807) is 46.1 Å². The van der Waals surface area contributed by atoms with Gasteiger partial charge in [0, 0.05) is 49.0 Å². The molecule has 2 aliphatic carbocycles. The first-order valence-electron chi connectivity index (χ1n) is 19.1. The Kier molecular flexibility index (Phi) is 11.7. The molecule has 3 heterocycles. The third kappa shape index (κ3) is 9.08. The number of thiazole rings is 1. The number of rotatable bonds is 13. The number of carboxylic acid groups (broad SMARTS) is 1. The zero-order valence-corrected chi connectivity index (χ0v) is 34.1. The Labute approximate surface area is 335 Å². The summed E-state index contributed by atoms with van der Waals surface area (Å²) >= 11 is 1.20. The van der Waals surface area contributed by atoms with Gasteiger partial charge >= 0.3 is 18.2 Å². The Hall–Kier alpha value is -5.45. The van der Waals surface area contributed by atoms with Gasteiger partial charge < -0.3 is 39.8 Å². The van der Waals surface area contributed by atoms with Crippen LogP contribution in [-0.2, 0) is 23.9 Å². The standard InChI is InChI=1S/C40H51N7O9S/c1-9-22-18-40(22,35(50)51)45-33(48)30-16-25(19-47(30)34(49)32(39(4,5)6)43-37(52)56-24-11-10-12-24)55-31-17-28(41-27-15-23(46(7)8)13-14-26(27)31)29-20-57-36(42-29)44-38(53)54-21(2)3/h9,13-15,17,20-22,24-25,30,32H,1,10-12,16,18-19H2,2-8H3,(H,43,52)(H,45,48)(H,50,51)(H,42,44,53)/t22-,25-,30+,32-,40-/m1/s1. The van der Waals surface area contributed by atoms with E-state index in [4.69, 9.17) is 19.2 Å². The summed E-state index contributed by atoms with van der Waals surface area (Å²) in [7, 11) is 3.82. The predicted octanol–water partition coefficient (Wildman–Crippen LogP) is 5.57. The number of nitrogens with one attached hydrogen (secondary N) is 3. The number of hydrogen-bond donors (Lipinski definition) is 4. The minimum absolute atomic E-state index is 0.0209. The van der Waals surface area contributed by atoms with Gasteiger partial charge in [-0.2, -0.15) is 0 Å². The number of pyridine rings is 1. The molecule has 4 amide bonds. The lowest BCUT2D eigenvalue weighted by Crippen LogP contribution is -2.59. The SMILES string of the molecule is C=C[C@@H]1C[C@]1(NC(=O)[C@@H]1C[C@@H](Oc2cc(-c3csc(NC(=O)OC(C)C)n3)nc3cc(N(C)C)ccc23)CN1C(=O)[C@@H](NC(=O)OC1CCC1)C(C)(C)C)C(=O)O. The molecule has 1 saturated heterocycles. The summed E-state index contributed by atoms with van der Waals surface area (Å²) in [6.07, 6.45) is 1.53. The van der Waals surface area contributed by atoms with Crippen LogP contribution in [0.15, 0.2) is 42.3 Å². The lowest BCUT2D eigenvalue weighted by Gasteiger charge is -2.36. The number of carboxylic acids is 1. The highest BCUT2D eigenvalue weighted by Gasteiger charge is 2.61. The maximum Gasteiger partial charge on any atom is 0.413 e. The van der Waals surface area contributed by atoms with Crippen LogP contribution in [0.4, 0.5) is 20.4 Å². The number of aliphatic carboxylic acids is 1. The molecule has 5 atom stereocenters. The number of carbonyl (C=O) groups excluding carboxylic acids is 4. The van der Waals surface area contributed by atoms with E-state index in [2.05, 4.69) is 27.5 Å². The van der Waals surface area contributed by atoms with Gasteiger partial charge in [-0.05, 0) is 63.1 Å². The van der Waals surface area contributed by atoms with Gasteiger partial charge in [-0.1, -0.05) is 26.8 Å². The van der Waals surface area contributed by atoms with Crippen molar-refractivity contribution in [3.05, 3.63) is 42.3 Å². The molecule has 16 nitrogen and oxygen atoms in total. The summed E-state index contributed by atoms with van der Waals surface area (Å²) in [5.41, 5.74) is 0.0559. The lowest BCUT2D eigenvalue weighted by molar-refractivity contribution is -0.146. The van der Waals surface area contributed by atoms with E-state index < -0.39 is 65.0 Å². The lowest BCUT2D eigenvalue weighted by atomic mass is 9.85. The second kappa shape index (κ2) is 16.2. The zero-order valence-electron chi connectivity index (χ0n) is 33.3. The molecule has 3 aromatic rings. The molecule has 4 N–H and O–H groups in total. The summed E-state index contributed by atoms with van der Waals surface area (Å²) in [5.74, 6) is -2.44. The highest BCUT2D eigenvalue weighted by molar-refractivity contribution is 7.14. The molecule has 0 radical (unpaired) electrons. The quantitative estimate of drug-likeness (QED) is 0.157. The first kappa shape index (κ1) is 41.2. The fraction of sp³-hybridized carbons (Fsp3) is 0.525. The number of anilines is 2. The second-order valence-corrected chi connectivity index (χ2v) is 17.3. The number of aromatic nitrogens is 2. The van der Waals surface area contributed by atoms with Crippen LogP contribution in [0.25, 0.3) is 22.3 Å². The number of carbonyl (C=O) groups is 5. The average Bonchev–Trinajstić information content (AvgIpc) is 3.39. The summed E-state index contributed by atoms with van der Waals surface area (Å²) in [6, 6.07) is 5.19. The molecule has 6 rings (SSSR count). The average molecular weight is 806 g/mol. The highest BCUT2D eigenvalue weighted by Crippen LogP contribution is 2.45. The van der Waals surface area contributed by atoms with Gasteiger partial charge in [0.2, 0.25) is 11.8 Å². The normalized spacial score (nSPS) is 22.2. The van der Waals surface area contributed by atoms with Crippen molar-refractivity contribution in [2.75, 3.05) is 30.9 Å². The molecule has 1 aliphatic heterocycles. The molecule has 0 bridgehead atoms. The van der Waals surface area contributed by atoms with Gasteiger partial charge in [0.1, 0.15) is 41.3 Å². The molecule has 3 aliphatic rings. The van der Waals surface area contributed by atoms with Crippen molar-refractivity contribution in [2.45, 2.75) is 103 Å². The molecule has 0 spiro atoms. The predicted molar refractivity (Wildman–Crippen MR) is 214 cm³/mol. The van der Waals surface area contributed by atoms with Crippen molar-refractivity contribution in [1.82, 2.24) is 25.5 Å². The summed E-state index contributed by atoms with van der Waals surface area (Å²) in [6.45, 7) is 12.6. The molecule has 3 fully saturated rings. The van der Waals surface area contributed by atoms with Crippen molar-refractivity contribution in [1.29, 1.82) is 0 Å². The van der Waals surface area contributed by atoms with Crippen LogP contribution in [-0.4, -0.2) is 107 Å². The Morgan fingerprint density at radius 2 is 1.81 bits per heavy atom. The molecule has 306 valence electrons. The maximum absolute atomic E-state index is 14.6. The van der Waals surface area contributed by atoms with Crippen molar-refractivity contribution in [3.8, 4) is 17.1 Å². The van der Waals surface area contributed by atoms with Crippen molar-refractivity contribution < 1.29 is 43.3 Å². The monoisotopic (exact) mass is 805 g/mol. The summed E-state index contributed by atoms with van der Waals surface area (Å²) < 4.78 is 17.4. The molecule has 57 heavy (non-hydrogen) atoms. The number of fused-ring (bicyclic) bond motifs is 1. The van der Waals surface area contributed by atoms with Crippen LogP contribution in [0.3, 0.4) is 0 Å². The Morgan fingerprint density at radius 3 is 2.40 bits per heavy atom. The highest BCUT2D eigenvalue weighted by atomic mass is 32.1. The van der Waals surface area contributed by atoms with Crippen molar-refractivity contribution in [3.63, 3.8) is 0 Å². The number of likely N-dealkylation sites (tertiary alicyclic amines) is 1. The largest absolute Gasteiger partial charge is 0.488 e. The summed E-state index contributed by atoms with van der Waals surface area (Å²) in [5, 5.41) is 20.9. The van der Waals surface area contributed by atoms with Gasteiger partial charge in [0.05, 0.1) is 23.9 Å². The first-order chi connectivity index (χ1) is 26.9. The van der Waals surface area contributed by atoms with Crippen LogP contribution in [0.5, 0.6) is 5.75 Å². The number of nitrogens with zero attached hydrogens (tertiary/aromatic N) is 4. The maximum atomic E-state index is 14.6. The minimum atomic E-state index is -1.53. The zero-order chi connectivity index (χ0) is 41.4. The summed E-state index contributed by atoms with van der Waals surface area (Å²) in [4.78, 5) is 79.1. The Bertz CT molecular complexity index is 2060.